The lowest BCUT2D eigenvalue weighted by Crippen LogP contribution is -2.65. The highest BCUT2D eigenvalue weighted by atomic mass is 16.7. The second kappa shape index (κ2) is 5.73. The van der Waals surface area contributed by atoms with Crippen molar-refractivity contribution >= 4 is 5.78 Å². The summed E-state index contributed by atoms with van der Waals surface area (Å²) >= 11 is 0. The van der Waals surface area contributed by atoms with Crippen LogP contribution in [0.2, 0.25) is 0 Å². The van der Waals surface area contributed by atoms with E-state index in [2.05, 4.69) is 32.9 Å². The molecule has 22 heavy (non-hydrogen) atoms. The fourth-order valence-corrected chi connectivity index (χ4v) is 4.90. The first-order valence-electron chi connectivity index (χ1n) is 8.30. The van der Waals surface area contributed by atoms with Crippen LogP contribution >= 0.6 is 0 Å². The van der Waals surface area contributed by atoms with E-state index in [0.29, 0.717) is 30.5 Å². The quantitative estimate of drug-likeness (QED) is 0.430. The van der Waals surface area contributed by atoms with Crippen molar-refractivity contribution in [1.82, 2.24) is 0 Å². The van der Waals surface area contributed by atoms with E-state index >= 15 is 0 Å². The van der Waals surface area contributed by atoms with Crippen LogP contribution in [0.3, 0.4) is 0 Å². The van der Waals surface area contributed by atoms with Crippen LogP contribution < -0.4 is 0 Å². The number of allylic oxidation sites excluding steroid dienone is 2. The van der Waals surface area contributed by atoms with Gasteiger partial charge in [0, 0.05) is 18.4 Å². The summed E-state index contributed by atoms with van der Waals surface area (Å²) in [6.07, 6.45) is 6.49. The van der Waals surface area contributed by atoms with Gasteiger partial charge in [-0.3, -0.25) is 4.79 Å². The Labute approximate surface area is 133 Å². The largest absolute Gasteiger partial charge is 0.382 e. The minimum Gasteiger partial charge on any atom is -0.382 e. The Hall–Kier alpha value is -0.710. The summed E-state index contributed by atoms with van der Waals surface area (Å²) in [4.78, 5) is 12.4. The molecular formula is C18H28O4. The van der Waals surface area contributed by atoms with E-state index in [0.717, 1.165) is 0 Å². The highest BCUT2D eigenvalue weighted by molar-refractivity contribution is 5.96. The molecule has 0 unspecified atom stereocenters. The van der Waals surface area contributed by atoms with Crippen molar-refractivity contribution in [1.29, 1.82) is 0 Å². The van der Waals surface area contributed by atoms with Gasteiger partial charge in [0.2, 0.25) is 0 Å². The lowest BCUT2D eigenvalue weighted by molar-refractivity contribution is -0.207. The van der Waals surface area contributed by atoms with E-state index in [9.17, 15) is 4.79 Å². The molecule has 0 radical (unpaired) electrons. The maximum absolute atomic E-state index is 12.4. The molecule has 0 spiro atoms. The molecule has 4 nitrogen and oxygen atoms in total. The van der Waals surface area contributed by atoms with Crippen molar-refractivity contribution in [3.8, 4) is 0 Å². The SMILES string of the molecule is COCCOCO[C@H]1C(=O)[C@H]2C=C[C@@H]3CC(C)(C)C[C@@H]3[C@]21C. The molecule has 3 aliphatic carbocycles. The van der Waals surface area contributed by atoms with Crippen LogP contribution in [0.4, 0.5) is 0 Å². The molecule has 3 aliphatic rings. The molecule has 0 amide bonds. The number of ether oxygens (including phenoxy) is 3. The molecule has 0 N–H and O–H groups in total. The van der Waals surface area contributed by atoms with Gasteiger partial charge in [-0.1, -0.05) is 32.9 Å². The van der Waals surface area contributed by atoms with Crippen LogP contribution in [0.25, 0.3) is 0 Å². The van der Waals surface area contributed by atoms with Gasteiger partial charge in [0.05, 0.1) is 13.2 Å². The summed E-state index contributed by atoms with van der Waals surface area (Å²) in [5, 5.41) is 0. The van der Waals surface area contributed by atoms with E-state index < -0.39 is 0 Å². The molecular weight excluding hydrogens is 280 g/mol. The van der Waals surface area contributed by atoms with Gasteiger partial charge in [0.25, 0.3) is 0 Å². The zero-order chi connectivity index (χ0) is 16.0. The van der Waals surface area contributed by atoms with Crippen LogP contribution in [-0.4, -0.2) is 39.0 Å². The van der Waals surface area contributed by atoms with E-state index in [1.807, 2.05) is 0 Å². The van der Waals surface area contributed by atoms with Crippen molar-refractivity contribution in [3.63, 3.8) is 0 Å². The lowest BCUT2D eigenvalue weighted by atomic mass is 9.48. The molecule has 2 fully saturated rings. The minimum atomic E-state index is -0.314. The zero-order valence-corrected chi connectivity index (χ0v) is 14.1. The van der Waals surface area contributed by atoms with Crippen LogP contribution in [0.15, 0.2) is 12.2 Å². The smallest absolute Gasteiger partial charge is 0.169 e. The summed E-state index contributed by atoms with van der Waals surface area (Å²) in [5.74, 6) is 1.38. The summed E-state index contributed by atoms with van der Waals surface area (Å²) < 4.78 is 16.2. The molecule has 0 aromatic heterocycles. The summed E-state index contributed by atoms with van der Waals surface area (Å²) in [6, 6.07) is 0. The first-order chi connectivity index (χ1) is 10.4. The summed E-state index contributed by atoms with van der Waals surface area (Å²) in [5.41, 5.74) is 0.296. The minimum absolute atomic E-state index is 0.0339. The van der Waals surface area contributed by atoms with Crippen LogP contribution in [0.1, 0.15) is 33.6 Å². The number of fused-ring (bicyclic) bond motifs is 3. The number of rotatable bonds is 6. The van der Waals surface area contributed by atoms with Crippen molar-refractivity contribution in [3.05, 3.63) is 12.2 Å². The number of methoxy groups -OCH3 is 1. The number of hydrogen-bond donors (Lipinski definition) is 0. The molecule has 0 bridgehead atoms. The molecule has 0 saturated heterocycles. The summed E-state index contributed by atoms with van der Waals surface area (Å²) in [6.45, 7) is 8.12. The van der Waals surface area contributed by atoms with Crippen molar-refractivity contribution < 1.29 is 19.0 Å². The number of carbonyl (C=O) groups excluding carboxylic acids is 1. The average molecular weight is 308 g/mol. The third kappa shape index (κ3) is 2.45. The molecule has 124 valence electrons. The predicted octanol–water partition coefficient (Wildman–Crippen LogP) is 2.82. The second-order valence-corrected chi connectivity index (χ2v) is 8.04. The molecule has 2 saturated carbocycles. The maximum atomic E-state index is 12.4. The van der Waals surface area contributed by atoms with Gasteiger partial charge in [0.1, 0.15) is 12.9 Å². The molecule has 4 heteroatoms. The third-order valence-corrected chi connectivity index (χ3v) is 5.98. The molecule has 3 rings (SSSR count). The highest BCUT2D eigenvalue weighted by Crippen LogP contribution is 2.63. The van der Waals surface area contributed by atoms with E-state index in [4.69, 9.17) is 14.2 Å². The fourth-order valence-electron chi connectivity index (χ4n) is 4.90. The Morgan fingerprint density at radius 3 is 2.68 bits per heavy atom. The van der Waals surface area contributed by atoms with Crippen LogP contribution in [0.5, 0.6) is 0 Å². The van der Waals surface area contributed by atoms with Crippen LogP contribution in [0, 0.1) is 28.6 Å². The first kappa shape index (κ1) is 16.2. The molecule has 0 aromatic rings. The molecule has 0 aliphatic heterocycles. The van der Waals surface area contributed by atoms with Gasteiger partial charge in [0.15, 0.2) is 5.78 Å². The fraction of sp³-hybridized carbons (Fsp3) is 0.833. The predicted molar refractivity (Wildman–Crippen MR) is 83.3 cm³/mol. The monoisotopic (exact) mass is 308 g/mol. The lowest BCUT2D eigenvalue weighted by Gasteiger charge is -2.57. The van der Waals surface area contributed by atoms with Gasteiger partial charge >= 0.3 is 0 Å². The van der Waals surface area contributed by atoms with Gasteiger partial charge in [-0.15, -0.1) is 0 Å². The third-order valence-electron chi connectivity index (χ3n) is 5.98. The van der Waals surface area contributed by atoms with E-state index in [1.165, 1.54) is 12.8 Å². The number of Topliss-reactive ketones (excluding diaryl/α,β-unsaturated/α-hetero) is 1. The van der Waals surface area contributed by atoms with E-state index in [1.54, 1.807) is 7.11 Å². The Kier molecular flexibility index (Phi) is 4.21. The summed E-state index contributed by atoms with van der Waals surface area (Å²) in [7, 11) is 1.64. The Morgan fingerprint density at radius 1 is 1.18 bits per heavy atom. The van der Waals surface area contributed by atoms with Gasteiger partial charge in [-0.05, 0) is 30.1 Å². The molecule has 0 aromatic carbocycles. The number of hydrogen-bond acceptors (Lipinski definition) is 4. The Bertz CT molecular complexity index is 470. The van der Waals surface area contributed by atoms with Crippen molar-refractivity contribution in [2.45, 2.75) is 39.7 Å². The van der Waals surface area contributed by atoms with Gasteiger partial charge < -0.3 is 14.2 Å². The van der Waals surface area contributed by atoms with Crippen molar-refractivity contribution in [2.75, 3.05) is 27.1 Å². The molecule has 5 atom stereocenters. The van der Waals surface area contributed by atoms with Gasteiger partial charge in [-0.2, -0.15) is 0 Å². The normalized spacial score (nSPS) is 41.9. The van der Waals surface area contributed by atoms with Gasteiger partial charge in [-0.25, -0.2) is 0 Å². The molecule has 0 heterocycles. The zero-order valence-electron chi connectivity index (χ0n) is 14.1. The maximum Gasteiger partial charge on any atom is 0.169 e. The number of ketones is 1. The Morgan fingerprint density at radius 2 is 1.95 bits per heavy atom. The number of carbonyl (C=O) groups is 1. The topological polar surface area (TPSA) is 44.8 Å². The first-order valence-corrected chi connectivity index (χ1v) is 8.30. The standard InChI is InChI=1S/C18H28O4/c1-17(2)9-12-5-6-13-15(19)16(18(13,3)14(12)10-17)22-11-21-8-7-20-4/h5-6,12-14,16H,7-11H2,1-4H3/t12-,13-,14+,16+,18+/m1/s1. The highest BCUT2D eigenvalue weighted by Gasteiger charge is 2.66. The second-order valence-electron chi connectivity index (χ2n) is 8.04. The van der Waals surface area contributed by atoms with Crippen molar-refractivity contribution in [2.24, 2.45) is 28.6 Å². The van der Waals surface area contributed by atoms with Crippen LogP contribution in [-0.2, 0) is 19.0 Å². The van der Waals surface area contributed by atoms with E-state index in [-0.39, 0.29) is 30.0 Å². The average Bonchev–Trinajstić information content (AvgIpc) is 2.78. The Balaban J connectivity index is 1.66.